The van der Waals surface area contributed by atoms with E-state index in [4.69, 9.17) is 11.5 Å². The SMILES string of the molecule is NC(=O)c1ccc([N+](=O)[O-])c(NCc2cn[nH]c2N)c1. The second-order valence-corrected chi connectivity index (χ2v) is 4.02. The number of hydrogen-bond acceptors (Lipinski definition) is 6. The van der Waals surface area contributed by atoms with E-state index in [0.29, 0.717) is 11.4 Å². The molecule has 0 bridgehead atoms. The first-order valence-corrected chi connectivity index (χ1v) is 5.59. The van der Waals surface area contributed by atoms with Crippen LogP contribution < -0.4 is 16.8 Å². The molecule has 0 unspecified atom stereocenters. The van der Waals surface area contributed by atoms with Crippen molar-refractivity contribution in [1.29, 1.82) is 0 Å². The summed E-state index contributed by atoms with van der Waals surface area (Å²) in [5.74, 6) is -0.294. The zero-order valence-electron chi connectivity index (χ0n) is 10.3. The van der Waals surface area contributed by atoms with Crippen molar-refractivity contribution in [3.8, 4) is 0 Å². The molecule has 0 aliphatic rings. The van der Waals surface area contributed by atoms with E-state index >= 15 is 0 Å². The summed E-state index contributed by atoms with van der Waals surface area (Å²) < 4.78 is 0. The Bertz CT molecular complexity index is 666. The summed E-state index contributed by atoms with van der Waals surface area (Å²) in [7, 11) is 0. The van der Waals surface area contributed by atoms with Crippen LogP contribution in [-0.4, -0.2) is 21.0 Å². The Labute approximate surface area is 113 Å². The van der Waals surface area contributed by atoms with E-state index in [9.17, 15) is 14.9 Å². The van der Waals surface area contributed by atoms with E-state index in [0.717, 1.165) is 0 Å². The van der Waals surface area contributed by atoms with Gasteiger partial charge in [0.05, 0.1) is 11.1 Å². The number of aromatic nitrogens is 2. The summed E-state index contributed by atoms with van der Waals surface area (Å²) in [5, 5.41) is 20.1. The number of nitro benzene ring substituents is 1. The molecule has 2 rings (SSSR count). The molecule has 1 amide bonds. The minimum Gasteiger partial charge on any atom is -0.384 e. The Morgan fingerprint density at radius 3 is 2.80 bits per heavy atom. The lowest BCUT2D eigenvalue weighted by atomic mass is 10.1. The number of rotatable bonds is 5. The number of carbonyl (C=O) groups is 1. The van der Waals surface area contributed by atoms with Gasteiger partial charge in [0.15, 0.2) is 0 Å². The van der Waals surface area contributed by atoms with Crippen LogP contribution in [0.15, 0.2) is 24.4 Å². The second-order valence-electron chi connectivity index (χ2n) is 4.02. The first-order chi connectivity index (χ1) is 9.49. The lowest BCUT2D eigenvalue weighted by Gasteiger charge is -2.07. The molecule has 0 saturated carbocycles. The number of nitrogens with zero attached hydrogens (tertiary/aromatic N) is 2. The smallest absolute Gasteiger partial charge is 0.292 e. The van der Waals surface area contributed by atoms with Crippen molar-refractivity contribution in [2.45, 2.75) is 6.54 Å². The minimum atomic E-state index is -0.661. The normalized spacial score (nSPS) is 10.2. The van der Waals surface area contributed by atoms with Gasteiger partial charge in [-0.25, -0.2) is 0 Å². The number of nitrogen functional groups attached to an aromatic ring is 1. The van der Waals surface area contributed by atoms with Crippen molar-refractivity contribution in [3.63, 3.8) is 0 Å². The van der Waals surface area contributed by atoms with Gasteiger partial charge in [0, 0.05) is 23.7 Å². The topological polar surface area (TPSA) is 153 Å². The van der Waals surface area contributed by atoms with Gasteiger partial charge in [-0.15, -0.1) is 0 Å². The Kier molecular flexibility index (Phi) is 3.51. The lowest BCUT2D eigenvalue weighted by Crippen LogP contribution is -2.12. The average Bonchev–Trinajstić information content (AvgIpc) is 2.81. The zero-order valence-corrected chi connectivity index (χ0v) is 10.3. The fraction of sp³-hybridized carbons (Fsp3) is 0.0909. The Hall–Kier alpha value is -3.10. The largest absolute Gasteiger partial charge is 0.384 e. The molecule has 0 radical (unpaired) electrons. The molecule has 0 atom stereocenters. The van der Waals surface area contributed by atoms with Crippen LogP contribution in [0.5, 0.6) is 0 Å². The highest BCUT2D eigenvalue weighted by atomic mass is 16.6. The van der Waals surface area contributed by atoms with E-state index in [-0.39, 0.29) is 23.5 Å². The standard InChI is InChI=1S/C11H12N6O3/c12-10-7(5-15-16-10)4-14-8-3-6(11(13)18)1-2-9(8)17(19)20/h1-3,5,14H,4H2,(H2,13,18)(H3,12,15,16). The predicted molar refractivity (Wildman–Crippen MR) is 71.9 cm³/mol. The molecule has 0 fully saturated rings. The Balaban J connectivity index is 2.28. The monoisotopic (exact) mass is 276 g/mol. The van der Waals surface area contributed by atoms with Crippen LogP contribution in [0.25, 0.3) is 0 Å². The van der Waals surface area contributed by atoms with Crippen LogP contribution in [0.3, 0.4) is 0 Å². The molecule has 0 saturated heterocycles. The summed E-state index contributed by atoms with van der Waals surface area (Å²) in [5.41, 5.74) is 11.6. The number of hydrogen-bond donors (Lipinski definition) is 4. The van der Waals surface area contributed by atoms with Crippen molar-refractivity contribution in [1.82, 2.24) is 10.2 Å². The average molecular weight is 276 g/mol. The molecule has 2 aromatic rings. The van der Waals surface area contributed by atoms with Gasteiger partial charge in [0.25, 0.3) is 5.69 Å². The number of carbonyl (C=O) groups excluding carboxylic acids is 1. The van der Waals surface area contributed by atoms with E-state index in [2.05, 4.69) is 15.5 Å². The molecule has 1 aromatic heterocycles. The van der Waals surface area contributed by atoms with E-state index in [1.165, 1.54) is 24.4 Å². The molecule has 9 heteroatoms. The van der Waals surface area contributed by atoms with E-state index in [1.807, 2.05) is 0 Å². The third kappa shape index (κ3) is 2.66. The molecule has 0 spiro atoms. The van der Waals surface area contributed by atoms with Gasteiger partial charge in [0.2, 0.25) is 5.91 Å². The summed E-state index contributed by atoms with van der Waals surface area (Å²) in [6.45, 7) is 0.228. The highest BCUT2D eigenvalue weighted by molar-refractivity contribution is 5.94. The number of amides is 1. The predicted octanol–water partition coefficient (Wildman–Crippen LogP) is 0.611. The maximum Gasteiger partial charge on any atom is 0.292 e. The fourth-order valence-corrected chi connectivity index (χ4v) is 1.64. The minimum absolute atomic E-state index is 0.155. The number of benzene rings is 1. The van der Waals surface area contributed by atoms with Crippen LogP contribution in [0.4, 0.5) is 17.2 Å². The molecule has 20 heavy (non-hydrogen) atoms. The number of aromatic amines is 1. The molecule has 6 N–H and O–H groups in total. The van der Waals surface area contributed by atoms with E-state index < -0.39 is 10.8 Å². The molecule has 104 valence electrons. The van der Waals surface area contributed by atoms with Crippen LogP contribution in [0.1, 0.15) is 15.9 Å². The Morgan fingerprint density at radius 2 is 2.25 bits per heavy atom. The molecular formula is C11H12N6O3. The molecule has 1 aromatic carbocycles. The third-order valence-electron chi connectivity index (χ3n) is 2.70. The summed E-state index contributed by atoms with van der Waals surface area (Å²) in [6.07, 6.45) is 1.51. The highest BCUT2D eigenvalue weighted by Gasteiger charge is 2.16. The second kappa shape index (κ2) is 5.26. The van der Waals surface area contributed by atoms with Crippen LogP contribution >= 0.6 is 0 Å². The zero-order chi connectivity index (χ0) is 14.7. The van der Waals surface area contributed by atoms with Gasteiger partial charge in [-0.05, 0) is 12.1 Å². The summed E-state index contributed by atoms with van der Waals surface area (Å²) in [4.78, 5) is 21.5. The van der Waals surface area contributed by atoms with Gasteiger partial charge in [-0.3, -0.25) is 20.0 Å². The number of H-pyrrole nitrogens is 1. The molecular weight excluding hydrogens is 264 g/mol. The molecule has 0 aliphatic carbocycles. The highest BCUT2D eigenvalue weighted by Crippen LogP contribution is 2.26. The van der Waals surface area contributed by atoms with Crippen molar-refractivity contribution in [3.05, 3.63) is 45.6 Å². The van der Waals surface area contributed by atoms with Gasteiger partial charge in [-0.1, -0.05) is 0 Å². The first kappa shape index (κ1) is 13.3. The molecule has 9 nitrogen and oxygen atoms in total. The number of nitrogens with one attached hydrogen (secondary N) is 2. The summed E-state index contributed by atoms with van der Waals surface area (Å²) >= 11 is 0. The number of anilines is 2. The van der Waals surface area contributed by atoms with Crippen molar-refractivity contribution in [2.24, 2.45) is 5.73 Å². The van der Waals surface area contributed by atoms with Gasteiger partial charge in [0.1, 0.15) is 11.5 Å². The number of nitro groups is 1. The van der Waals surface area contributed by atoms with Gasteiger partial charge >= 0.3 is 0 Å². The maximum atomic E-state index is 11.1. The quantitative estimate of drug-likeness (QED) is 0.463. The molecule has 1 heterocycles. The van der Waals surface area contributed by atoms with Crippen LogP contribution in [0.2, 0.25) is 0 Å². The lowest BCUT2D eigenvalue weighted by molar-refractivity contribution is -0.384. The third-order valence-corrected chi connectivity index (χ3v) is 2.70. The fourth-order valence-electron chi connectivity index (χ4n) is 1.64. The van der Waals surface area contributed by atoms with E-state index in [1.54, 1.807) is 0 Å². The van der Waals surface area contributed by atoms with Crippen molar-refractivity contribution in [2.75, 3.05) is 11.1 Å². The van der Waals surface area contributed by atoms with Crippen molar-refractivity contribution >= 4 is 23.1 Å². The van der Waals surface area contributed by atoms with Gasteiger partial charge < -0.3 is 16.8 Å². The maximum absolute atomic E-state index is 11.1. The first-order valence-electron chi connectivity index (χ1n) is 5.59. The number of primary amides is 1. The Morgan fingerprint density at radius 1 is 1.50 bits per heavy atom. The molecule has 0 aliphatic heterocycles. The summed E-state index contributed by atoms with van der Waals surface area (Å²) in [6, 6.07) is 3.86. The van der Waals surface area contributed by atoms with Crippen molar-refractivity contribution < 1.29 is 9.72 Å². The van der Waals surface area contributed by atoms with Crippen LogP contribution in [0, 0.1) is 10.1 Å². The number of nitrogens with two attached hydrogens (primary N) is 2. The van der Waals surface area contributed by atoms with Gasteiger partial charge in [-0.2, -0.15) is 5.10 Å². The van der Waals surface area contributed by atoms with Crippen LogP contribution in [-0.2, 0) is 6.54 Å².